The van der Waals surface area contributed by atoms with Gasteiger partial charge in [-0.3, -0.25) is 4.79 Å². The summed E-state index contributed by atoms with van der Waals surface area (Å²) in [6.07, 6.45) is 6.95. The van der Waals surface area contributed by atoms with Crippen LogP contribution in [0.1, 0.15) is 62.5 Å². The highest BCUT2D eigenvalue weighted by Gasteiger charge is 2.36. The monoisotopic (exact) mass is 473 g/mol. The maximum absolute atomic E-state index is 14.7. The number of hydrogen-bond acceptors (Lipinski definition) is 4. The number of halogens is 1. The van der Waals surface area contributed by atoms with Crippen LogP contribution in [-0.4, -0.2) is 26.9 Å². The molecule has 0 radical (unpaired) electrons. The van der Waals surface area contributed by atoms with E-state index in [2.05, 4.69) is 12.2 Å². The number of carbonyl (C=O) groups is 1. The summed E-state index contributed by atoms with van der Waals surface area (Å²) in [6, 6.07) is 11.7. The maximum atomic E-state index is 14.7. The third kappa shape index (κ3) is 5.45. The number of para-hydroxylation sites is 1. The van der Waals surface area contributed by atoms with Crippen LogP contribution in [0.25, 0.3) is 0 Å². The Kier molecular flexibility index (Phi) is 7.16. The number of sulfonamides is 1. The average Bonchev–Trinajstić information content (AvgIpc) is 3.41. The van der Waals surface area contributed by atoms with Gasteiger partial charge in [0.05, 0.1) is 10.8 Å². The van der Waals surface area contributed by atoms with Gasteiger partial charge in [-0.2, -0.15) is 0 Å². The predicted molar refractivity (Wildman–Crippen MR) is 127 cm³/mol. The standard InChI is InChI=1S/C25H32FN3O3S/c1-17(14-18-6-2-3-7-18)28-16-19-8-4-5-9-24(19)29-13-12-22(25(29)30)21-11-10-20(15-23(21)26)33(27,31)32/h4-5,8-11,15,17-18,22,28H,2-3,6-7,12-14,16H2,1H3,(H2,27,31,32)/t17-,22?/m0/s1. The van der Waals surface area contributed by atoms with Gasteiger partial charge in [0.1, 0.15) is 5.82 Å². The van der Waals surface area contributed by atoms with E-state index in [1.165, 1.54) is 44.2 Å². The Morgan fingerprint density at radius 3 is 2.58 bits per heavy atom. The maximum Gasteiger partial charge on any atom is 0.238 e. The van der Waals surface area contributed by atoms with Crippen LogP contribution < -0.4 is 15.4 Å². The molecule has 1 aliphatic heterocycles. The van der Waals surface area contributed by atoms with Crippen LogP contribution >= 0.6 is 0 Å². The van der Waals surface area contributed by atoms with Gasteiger partial charge in [-0.25, -0.2) is 17.9 Å². The third-order valence-electron chi connectivity index (χ3n) is 6.97. The third-order valence-corrected chi connectivity index (χ3v) is 7.88. The molecule has 2 fully saturated rings. The molecule has 2 atom stereocenters. The molecule has 8 heteroatoms. The molecular weight excluding hydrogens is 441 g/mol. The lowest BCUT2D eigenvalue weighted by molar-refractivity contribution is -0.118. The number of primary sulfonamides is 1. The van der Waals surface area contributed by atoms with Gasteiger partial charge in [0.15, 0.2) is 0 Å². The topological polar surface area (TPSA) is 92.5 Å². The summed E-state index contributed by atoms with van der Waals surface area (Å²) in [5.74, 6) is -0.748. The van der Waals surface area contributed by atoms with Crippen molar-refractivity contribution < 1.29 is 17.6 Å². The van der Waals surface area contributed by atoms with Crippen molar-refractivity contribution >= 4 is 21.6 Å². The van der Waals surface area contributed by atoms with E-state index < -0.39 is 21.8 Å². The zero-order valence-electron chi connectivity index (χ0n) is 19.0. The van der Waals surface area contributed by atoms with E-state index in [4.69, 9.17) is 5.14 Å². The van der Waals surface area contributed by atoms with Crippen LogP contribution in [-0.2, 0) is 21.4 Å². The number of carbonyl (C=O) groups excluding carboxylic acids is 1. The fraction of sp³-hybridized carbons (Fsp3) is 0.480. The minimum Gasteiger partial charge on any atom is -0.312 e. The summed E-state index contributed by atoms with van der Waals surface area (Å²) < 4.78 is 37.7. The number of benzene rings is 2. The first-order valence-corrected chi connectivity index (χ1v) is 13.2. The van der Waals surface area contributed by atoms with Crippen molar-refractivity contribution in [3.8, 4) is 0 Å². The van der Waals surface area contributed by atoms with Gasteiger partial charge in [-0.05, 0) is 49.4 Å². The first-order valence-electron chi connectivity index (χ1n) is 11.7. The Balaban J connectivity index is 1.47. The molecule has 0 spiro atoms. The van der Waals surface area contributed by atoms with E-state index in [0.29, 0.717) is 25.6 Å². The molecular formula is C25H32FN3O3S. The van der Waals surface area contributed by atoms with Crippen LogP contribution in [0.5, 0.6) is 0 Å². The summed E-state index contributed by atoms with van der Waals surface area (Å²) >= 11 is 0. The van der Waals surface area contributed by atoms with Gasteiger partial charge in [0.2, 0.25) is 15.9 Å². The lowest BCUT2D eigenvalue weighted by Gasteiger charge is -2.23. The summed E-state index contributed by atoms with van der Waals surface area (Å²) in [4.78, 5) is 14.7. The summed E-state index contributed by atoms with van der Waals surface area (Å²) in [5.41, 5.74) is 2.08. The minimum absolute atomic E-state index is 0.177. The fourth-order valence-electron chi connectivity index (χ4n) is 5.21. The zero-order chi connectivity index (χ0) is 23.6. The highest BCUT2D eigenvalue weighted by atomic mass is 32.2. The van der Waals surface area contributed by atoms with Gasteiger partial charge in [-0.15, -0.1) is 0 Å². The van der Waals surface area contributed by atoms with Gasteiger partial charge in [0.25, 0.3) is 0 Å². The molecule has 1 aliphatic carbocycles. The van der Waals surface area contributed by atoms with Gasteiger partial charge < -0.3 is 10.2 Å². The van der Waals surface area contributed by atoms with Crippen molar-refractivity contribution in [1.29, 1.82) is 0 Å². The van der Waals surface area contributed by atoms with Crippen molar-refractivity contribution in [1.82, 2.24) is 5.32 Å². The Morgan fingerprint density at radius 2 is 1.88 bits per heavy atom. The Hall–Kier alpha value is -2.29. The van der Waals surface area contributed by atoms with Crippen molar-refractivity contribution in [2.45, 2.75) is 68.8 Å². The molecule has 2 aromatic carbocycles. The van der Waals surface area contributed by atoms with E-state index in [9.17, 15) is 17.6 Å². The Bertz CT molecular complexity index is 1120. The Morgan fingerprint density at radius 1 is 1.15 bits per heavy atom. The number of anilines is 1. The van der Waals surface area contributed by atoms with Crippen LogP contribution in [0, 0.1) is 11.7 Å². The lowest BCUT2D eigenvalue weighted by atomic mass is 9.97. The van der Waals surface area contributed by atoms with Crippen LogP contribution in [0.2, 0.25) is 0 Å². The molecule has 178 valence electrons. The van der Waals surface area contributed by atoms with E-state index in [1.807, 2.05) is 24.3 Å². The number of nitrogens with one attached hydrogen (secondary N) is 1. The average molecular weight is 474 g/mol. The number of amides is 1. The molecule has 1 amide bonds. The molecule has 1 heterocycles. The quantitative estimate of drug-likeness (QED) is 0.605. The smallest absolute Gasteiger partial charge is 0.238 e. The van der Waals surface area contributed by atoms with E-state index in [1.54, 1.807) is 4.90 Å². The molecule has 1 unspecified atom stereocenters. The van der Waals surface area contributed by atoms with E-state index >= 15 is 0 Å². The number of nitrogens with zero attached hydrogens (tertiary/aromatic N) is 1. The molecule has 3 N–H and O–H groups in total. The summed E-state index contributed by atoms with van der Waals surface area (Å²) in [7, 11) is -4.00. The number of nitrogens with two attached hydrogens (primary N) is 1. The summed E-state index contributed by atoms with van der Waals surface area (Å²) in [6.45, 7) is 3.36. The highest BCUT2D eigenvalue weighted by Crippen LogP contribution is 2.35. The lowest BCUT2D eigenvalue weighted by Crippen LogP contribution is -2.31. The molecule has 4 rings (SSSR count). The second-order valence-corrected chi connectivity index (χ2v) is 10.9. The predicted octanol–water partition coefficient (Wildman–Crippen LogP) is 4.05. The van der Waals surface area contributed by atoms with Gasteiger partial charge in [0, 0.05) is 30.4 Å². The fourth-order valence-corrected chi connectivity index (χ4v) is 5.74. The van der Waals surface area contributed by atoms with E-state index in [-0.39, 0.29) is 16.4 Å². The second-order valence-electron chi connectivity index (χ2n) is 9.36. The van der Waals surface area contributed by atoms with Crippen molar-refractivity contribution in [3.05, 3.63) is 59.4 Å². The summed E-state index contributed by atoms with van der Waals surface area (Å²) in [5, 5.41) is 8.70. The van der Waals surface area contributed by atoms with Crippen LogP contribution in [0.4, 0.5) is 10.1 Å². The molecule has 2 aliphatic rings. The van der Waals surface area contributed by atoms with Gasteiger partial charge in [-0.1, -0.05) is 49.9 Å². The van der Waals surface area contributed by atoms with Crippen molar-refractivity contribution in [2.75, 3.05) is 11.4 Å². The molecule has 1 saturated carbocycles. The number of rotatable bonds is 8. The minimum atomic E-state index is -4.00. The first kappa shape index (κ1) is 23.9. The Labute approximate surface area is 195 Å². The molecule has 0 bridgehead atoms. The van der Waals surface area contributed by atoms with Crippen LogP contribution in [0.15, 0.2) is 47.4 Å². The molecule has 33 heavy (non-hydrogen) atoms. The molecule has 6 nitrogen and oxygen atoms in total. The zero-order valence-corrected chi connectivity index (χ0v) is 19.8. The first-order chi connectivity index (χ1) is 15.7. The second kappa shape index (κ2) is 9.91. The largest absolute Gasteiger partial charge is 0.312 e. The molecule has 2 aromatic rings. The van der Waals surface area contributed by atoms with Crippen LogP contribution in [0.3, 0.4) is 0 Å². The normalized spacial score (nSPS) is 20.5. The SMILES string of the molecule is C[C@@H](CC1CCCC1)NCc1ccccc1N1CCC(c2ccc(S(N)(=O)=O)cc2F)C1=O. The van der Waals surface area contributed by atoms with Crippen molar-refractivity contribution in [3.63, 3.8) is 0 Å². The van der Waals surface area contributed by atoms with Gasteiger partial charge >= 0.3 is 0 Å². The highest BCUT2D eigenvalue weighted by molar-refractivity contribution is 7.89. The molecule has 1 saturated heterocycles. The number of hydrogen-bond donors (Lipinski definition) is 2. The van der Waals surface area contributed by atoms with Crippen molar-refractivity contribution in [2.24, 2.45) is 11.1 Å². The molecule has 0 aromatic heterocycles. The van der Waals surface area contributed by atoms with E-state index in [0.717, 1.165) is 23.2 Å².